The van der Waals surface area contributed by atoms with Gasteiger partial charge in [-0.05, 0) is 92.5 Å². The Bertz CT molecular complexity index is 1120. The number of thioether (sulfide) groups is 1. The van der Waals surface area contributed by atoms with Crippen LogP contribution >= 0.6 is 11.8 Å². The zero-order chi connectivity index (χ0) is 23.6. The molecule has 1 fully saturated rings. The van der Waals surface area contributed by atoms with Crippen LogP contribution in [0.15, 0.2) is 46.2 Å². The van der Waals surface area contributed by atoms with Gasteiger partial charge < -0.3 is 4.90 Å². The summed E-state index contributed by atoms with van der Waals surface area (Å²) in [5, 5.41) is 0. The van der Waals surface area contributed by atoms with Crippen molar-refractivity contribution in [2.45, 2.75) is 68.2 Å². The van der Waals surface area contributed by atoms with Crippen LogP contribution in [0, 0.1) is 5.92 Å². The molecule has 1 N–H and O–H groups in total. The van der Waals surface area contributed by atoms with Gasteiger partial charge >= 0.3 is 0 Å². The molecule has 5 nitrogen and oxygen atoms in total. The number of nitrogens with zero attached hydrogens (tertiary/aromatic N) is 1. The Kier molecular flexibility index (Phi) is 7.51. The number of amides is 1. The molecule has 0 saturated carbocycles. The van der Waals surface area contributed by atoms with Crippen LogP contribution in [-0.2, 0) is 22.9 Å². The fraction of sp³-hybridized carbons (Fsp3) is 0.500. The molecule has 1 aliphatic heterocycles. The molecule has 0 radical (unpaired) electrons. The van der Waals surface area contributed by atoms with Crippen molar-refractivity contribution in [2.75, 3.05) is 19.3 Å². The molecular weight excluding hydrogens is 452 g/mol. The number of likely N-dealkylation sites (tertiary alicyclic amines) is 1. The third-order valence-electron chi connectivity index (χ3n) is 6.99. The molecule has 0 aromatic heterocycles. The summed E-state index contributed by atoms with van der Waals surface area (Å²) in [6.45, 7) is 5.52. The molecule has 7 heteroatoms. The van der Waals surface area contributed by atoms with E-state index in [1.165, 1.54) is 35.7 Å². The van der Waals surface area contributed by atoms with Crippen molar-refractivity contribution in [3.63, 3.8) is 0 Å². The van der Waals surface area contributed by atoms with Crippen LogP contribution in [0.3, 0.4) is 0 Å². The molecule has 1 amide bonds. The fourth-order valence-corrected chi connectivity index (χ4v) is 6.62. The Morgan fingerprint density at radius 1 is 1.06 bits per heavy atom. The molecule has 178 valence electrons. The standard InChI is InChI=1S/C26H34N2O3S2/c1-18-12-14-28(15-13-18)26(29)24-17-23(10-11-25(24)32-3)33(30,31)27-19(2)21-9-8-20-6-4-5-7-22(20)16-21/h8-11,16-19,27H,4-7,12-15H2,1-3H3/t19-/m0/s1. The highest BCUT2D eigenvalue weighted by Crippen LogP contribution is 2.29. The van der Waals surface area contributed by atoms with Crippen LogP contribution < -0.4 is 4.72 Å². The Balaban J connectivity index is 1.56. The van der Waals surface area contributed by atoms with Gasteiger partial charge in [0.05, 0.1) is 10.5 Å². The van der Waals surface area contributed by atoms with Gasteiger partial charge in [0, 0.05) is 24.0 Å². The number of carbonyl (C=O) groups excluding carboxylic acids is 1. The highest BCUT2D eigenvalue weighted by atomic mass is 32.2. The minimum atomic E-state index is -3.78. The van der Waals surface area contributed by atoms with Crippen molar-refractivity contribution in [1.82, 2.24) is 9.62 Å². The van der Waals surface area contributed by atoms with Gasteiger partial charge in [0.25, 0.3) is 5.91 Å². The number of aryl methyl sites for hydroxylation is 2. The molecule has 1 aliphatic carbocycles. The van der Waals surface area contributed by atoms with Gasteiger partial charge in [-0.3, -0.25) is 4.79 Å². The second kappa shape index (κ2) is 10.2. The van der Waals surface area contributed by atoms with Crippen molar-refractivity contribution in [3.8, 4) is 0 Å². The monoisotopic (exact) mass is 486 g/mol. The number of hydrogen-bond acceptors (Lipinski definition) is 4. The lowest BCUT2D eigenvalue weighted by molar-refractivity contribution is 0.0693. The van der Waals surface area contributed by atoms with Gasteiger partial charge in [-0.15, -0.1) is 11.8 Å². The van der Waals surface area contributed by atoms with E-state index in [2.05, 4.69) is 23.8 Å². The lowest BCUT2D eigenvalue weighted by Gasteiger charge is -2.31. The molecule has 1 atom stereocenters. The SMILES string of the molecule is CSc1ccc(S(=O)(=O)N[C@@H](C)c2ccc3c(c2)CCCC3)cc1C(=O)N1CCC(C)CC1. The first kappa shape index (κ1) is 24.3. The Hall–Kier alpha value is -1.83. The quantitative estimate of drug-likeness (QED) is 0.570. The maximum atomic E-state index is 13.3. The molecule has 0 bridgehead atoms. The third-order valence-corrected chi connectivity index (χ3v) is 9.32. The fourth-order valence-electron chi connectivity index (χ4n) is 4.79. The predicted octanol–water partition coefficient (Wildman–Crippen LogP) is 5.20. The minimum absolute atomic E-state index is 0.0777. The van der Waals surface area contributed by atoms with E-state index in [1.54, 1.807) is 18.2 Å². The van der Waals surface area contributed by atoms with E-state index in [9.17, 15) is 13.2 Å². The molecule has 0 spiro atoms. The molecule has 2 aromatic rings. The van der Waals surface area contributed by atoms with Gasteiger partial charge in [-0.2, -0.15) is 0 Å². The zero-order valence-electron chi connectivity index (χ0n) is 19.8. The second-order valence-electron chi connectivity index (χ2n) is 9.42. The summed E-state index contributed by atoms with van der Waals surface area (Å²) in [5.41, 5.74) is 4.15. The largest absolute Gasteiger partial charge is 0.339 e. The Morgan fingerprint density at radius 3 is 2.45 bits per heavy atom. The average Bonchev–Trinajstić information content (AvgIpc) is 2.83. The van der Waals surface area contributed by atoms with Crippen molar-refractivity contribution < 1.29 is 13.2 Å². The Morgan fingerprint density at radius 2 is 1.76 bits per heavy atom. The van der Waals surface area contributed by atoms with E-state index >= 15 is 0 Å². The smallest absolute Gasteiger partial charge is 0.255 e. The van der Waals surface area contributed by atoms with Gasteiger partial charge in [-0.25, -0.2) is 13.1 Å². The lowest BCUT2D eigenvalue weighted by atomic mass is 9.89. The van der Waals surface area contributed by atoms with Crippen LogP contribution in [0.25, 0.3) is 0 Å². The first-order chi connectivity index (χ1) is 15.8. The first-order valence-corrected chi connectivity index (χ1v) is 14.6. The normalized spacial score (nSPS) is 18.1. The van der Waals surface area contributed by atoms with E-state index in [1.807, 2.05) is 24.1 Å². The summed E-state index contributed by atoms with van der Waals surface area (Å²) in [5.74, 6) is 0.543. The van der Waals surface area contributed by atoms with E-state index in [0.717, 1.165) is 49.2 Å². The molecule has 1 heterocycles. The van der Waals surface area contributed by atoms with Crippen LogP contribution in [0.5, 0.6) is 0 Å². The van der Waals surface area contributed by atoms with Crippen LogP contribution in [0.1, 0.15) is 72.6 Å². The summed E-state index contributed by atoms with van der Waals surface area (Å²) >= 11 is 1.47. The number of fused-ring (bicyclic) bond motifs is 1. The zero-order valence-corrected chi connectivity index (χ0v) is 21.4. The van der Waals surface area contributed by atoms with Crippen molar-refractivity contribution >= 4 is 27.7 Å². The van der Waals surface area contributed by atoms with Crippen molar-refractivity contribution in [1.29, 1.82) is 0 Å². The molecule has 2 aromatic carbocycles. The molecule has 1 saturated heterocycles. The maximum Gasteiger partial charge on any atom is 0.255 e. The summed E-state index contributed by atoms with van der Waals surface area (Å²) in [6, 6.07) is 10.9. The highest BCUT2D eigenvalue weighted by molar-refractivity contribution is 7.98. The summed E-state index contributed by atoms with van der Waals surface area (Å²) in [6.07, 6.45) is 8.44. The van der Waals surface area contributed by atoms with Crippen LogP contribution in [0.2, 0.25) is 0 Å². The highest BCUT2D eigenvalue weighted by Gasteiger charge is 2.26. The van der Waals surface area contributed by atoms with Crippen LogP contribution in [-0.4, -0.2) is 38.6 Å². The van der Waals surface area contributed by atoms with E-state index in [4.69, 9.17) is 0 Å². The lowest BCUT2D eigenvalue weighted by Crippen LogP contribution is -2.38. The van der Waals surface area contributed by atoms with Gasteiger partial charge in [-0.1, -0.05) is 25.1 Å². The number of rotatable bonds is 6. The van der Waals surface area contributed by atoms with Crippen molar-refractivity contribution in [3.05, 3.63) is 58.7 Å². The van der Waals surface area contributed by atoms with E-state index < -0.39 is 10.0 Å². The molecule has 0 unspecified atom stereocenters. The van der Waals surface area contributed by atoms with Gasteiger partial charge in [0.15, 0.2) is 0 Å². The molecule has 2 aliphatic rings. The van der Waals surface area contributed by atoms with E-state index in [0.29, 0.717) is 11.5 Å². The van der Waals surface area contributed by atoms with Crippen LogP contribution in [0.4, 0.5) is 0 Å². The summed E-state index contributed by atoms with van der Waals surface area (Å²) < 4.78 is 29.3. The number of sulfonamides is 1. The number of carbonyl (C=O) groups is 1. The first-order valence-electron chi connectivity index (χ1n) is 11.9. The molecule has 33 heavy (non-hydrogen) atoms. The topological polar surface area (TPSA) is 66.5 Å². The minimum Gasteiger partial charge on any atom is -0.339 e. The number of benzene rings is 2. The summed E-state index contributed by atoms with van der Waals surface area (Å²) in [4.78, 5) is 16.0. The molecule has 4 rings (SSSR count). The predicted molar refractivity (Wildman–Crippen MR) is 134 cm³/mol. The van der Waals surface area contributed by atoms with Gasteiger partial charge in [0.1, 0.15) is 0 Å². The molecular formula is C26H34N2O3S2. The average molecular weight is 487 g/mol. The van der Waals surface area contributed by atoms with E-state index in [-0.39, 0.29) is 16.8 Å². The van der Waals surface area contributed by atoms with Gasteiger partial charge in [0.2, 0.25) is 10.0 Å². The number of nitrogens with one attached hydrogen (secondary N) is 1. The van der Waals surface area contributed by atoms with Crippen molar-refractivity contribution in [2.24, 2.45) is 5.92 Å². The number of hydrogen-bond donors (Lipinski definition) is 1. The summed E-state index contributed by atoms with van der Waals surface area (Å²) in [7, 11) is -3.78. The third kappa shape index (κ3) is 5.47. The maximum absolute atomic E-state index is 13.3. The Labute approximate surface area is 202 Å². The number of piperidine rings is 1. The second-order valence-corrected chi connectivity index (χ2v) is 12.0.